The Bertz CT molecular complexity index is 305. The summed E-state index contributed by atoms with van der Waals surface area (Å²) in [7, 11) is 0. The van der Waals surface area contributed by atoms with Crippen LogP contribution in [-0.4, -0.2) is 29.1 Å². The van der Waals surface area contributed by atoms with Crippen LogP contribution in [0, 0.1) is 5.41 Å². The fraction of sp³-hybridized carbons (Fsp3) is 0.867. The molecule has 1 atom stereocenters. The average Bonchev–Trinajstić information content (AvgIpc) is 2.20. The summed E-state index contributed by atoms with van der Waals surface area (Å²) in [6, 6.07) is 0. The van der Waals surface area contributed by atoms with E-state index in [1.54, 1.807) is 6.92 Å². The Kier molecular flexibility index (Phi) is 7.27. The van der Waals surface area contributed by atoms with Gasteiger partial charge in [-0.05, 0) is 44.9 Å². The zero-order valence-electron chi connectivity index (χ0n) is 12.9. The molecule has 0 radical (unpaired) electrons. The molecule has 0 amide bonds. The number of hydrogen-bond acceptors (Lipinski definition) is 4. The summed E-state index contributed by atoms with van der Waals surface area (Å²) in [4.78, 5) is 21.7. The van der Waals surface area contributed by atoms with E-state index in [9.17, 15) is 14.7 Å². The summed E-state index contributed by atoms with van der Waals surface area (Å²) in [5, 5.41) is 10.1. The van der Waals surface area contributed by atoms with Gasteiger partial charge in [0.1, 0.15) is 5.78 Å². The van der Waals surface area contributed by atoms with Crippen LogP contribution in [0.2, 0.25) is 0 Å². The van der Waals surface area contributed by atoms with Crippen molar-refractivity contribution in [3.8, 4) is 0 Å². The van der Waals surface area contributed by atoms with Gasteiger partial charge in [0.05, 0.1) is 12.2 Å². The molecule has 0 bridgehead atoms. The van der Waals surface area contributed by atoms with E-state index < -0.39 is 5.60 Å². The predicted octanol–water partition coefficient (Wildman–Crippen LogP) is 2.87. The Morgan fingerprint density at radius 3 is 2.11 bits per heavy atom. The van der Waals surface area contributed by atoms with Gasteiger partial charge >= 0.3 is 5.97 Å². The third-order valence-corrected chi connectivity index (χ3v) is 3.27. The van der Waals surface area contributed by atoms with Crippen molar-refractivity contribution in [3.05, 3.63) is 0 Å². The minimum atomic E-state index is -0.918. The maximum absolute atomic E-state index is 11.1. The van der Waals surface area contributed by atoms with E-state index in [0.29, 0.717) is 13.0 Å². The van der Waals surface area contributed by atoms with Crippen LogP contribution in [-0.2, 0) is 14.3 Å². The van der Waals surface area contributed by atoms with E-state index in [4.69, 9.17) is 4.74 Å². The number of ketones is 1. The van der Waals surface area contributed by atoms with Gasteiger partial charge in [-0.1, -0.05) is 13.8 Å². The SMILES string of the molecule is CC(=O)CC(C)(O)CCC(C)(C)CCCOC(C)=O. The van der Waals surface area contributed by atoms with Crippen molar-refractivity contribution < 1.29 is 19.4 Å². The highest BCUT2D eigenvalue weighted by molar-refractivity contribution is 5.76. The zero-order valence-corrected chi connectivity index (χ0v) is 12.9. The van der Waals surface area contributed by atoms with E-state index in [1.807, 2.05) is 0 Å². The molecule has 0 saturated carbocycles. The van der Waals surface area contributed by atoms with Gasteiger partial charge in [0.2, 0.25) is 0 Å². The van der Waals surface area contributed by atoms with Gasteiger partial charge in [-0.3, -0.25) is 9.59 Å². The summed E-state index contributed by atoms with van der Waals surface area (Å²) < 4.78 is 4.90. The fourth-order valence-corrected chi connectivity index (χ4v) is 2.12. The second kappa shape index (κ2) is 7.63. The second-order valence-electron chi connectivity index (χ2n) is 6.48. The lowest BCUT2D eigenvalue weighted by Crippen LogP contribution is -2.29. The molecule has 4 heteroatoms. The molecule has 0 aliphatic heterocycles. The maximum Gasteiger partial charge on any atom is 0.302 e. The monoisotopic (exact) mass is 272 g/mol. The zero-order chi connectivity index (χ0) is 15.1. The molecule has 4 nitrogen and oxygen atoms in total. The van der Waals surface area contributed by atoms with Crippen LogP contribution in [0.15, 0.2) is 0 Å². The van der Waals surface area contributed by atoms with Crippen LogP contribution in [0.3, 0.4) is 0 Å². The van der Waals surface area contributed by atoms with Crippen LogP contribution >= 0.6 is 0 Å². The Morgan fingerprint density at radius 1 is 1.05 bits per heavy atom. The van der Waals surface area contributed by atoms with E-state index in [2.05, 4.69) is 13.8 Å². The first kappa shape index (κ1) is 18.1. The van der Waals surface area contributed by atoms with Gasteiger partial charge < -0.3 is 9.84 Å². The van der Waals surface area contributed by atoms with Crippen molar-refractivity contribution >= 4 is 11.8 Å². The van der Waals surface area contributed by atoms with Crippen LogP contribution in [0.4, 0.5) is 0 Å². The molecular weight excluding hydrogens is 244 g/mol. The number of aliphatic hydroxyl groups is 1. The van der Waals surface area contributed by atoms with Crippen LogP contribution in [0.25, 0.3) is 0 Å². The van der Waals surface area contributed by atoms with Crippen LogP contribution in [0.1, 0.15) is 66.7 Å². The molecule has 0 heterocycles. The normalized spacial score (nSPS) is 14.8. The Labute approximate surface area is 116 Å². The highest BCUT2D eigenvalue weighted by atomic mass is 16.5. The molecule has 0 aromatic carbocycles. The number of rotatable bonds is 9. The first-order valence-corrected chi connectivity index (χ1v) is 6.89. The number of ether oxygens (including phenoxy) is 1. The second-order valence-corrected chi connectivity index (χ2v) is 6.48. The summed E-state index contributed by atoms with van der Waals surface area (Å²) in [5.41, 5.74) is -0.847. The third kappa shape index (κ3) is 10.7. The number of esters is 1. The Balaban J connectivity index is 4.01. The molecule has 112 valence electrons. The lowest BCUT2D eigenvalue weighted by atomic mass is 9.79. The molecule has 0 aromatic rings. The number of hydrogen-bond donors (Lipinski definition) is 1. The van der Waals surface area contributed by atoms with Crippen molar-refractivity contribution in [2.45, 2.75) is 72.3 Å². The molecule has 0 rings (SSSR count). The molecule has 0 aromatic heterocycles. The molecule has 0 aliphatic carbocycles. The largest absolute Gasteiger partial charge is 0.466 e. The Hall–Kier alpha value is -0.900. The molecule has 19 heavy (non-hydrogen) atoms. The van der Waals surface area contributed by atoms with Gasteiger partial charge in [0.15, 0.2) is 0 Å². The molecular formula is C15H28O4. The van der Waals surface area contributed by atoms with Crippen molar-refractivity contribution in [2.24, 2.45) is 5.41 Å². The summed E-state index contributed by atoms with van der Waals surface area (Å²) in [5.74, 6) is -0.236. The maximum atomic E-state index is 11.1. The van der Waals surface area contributed by atoms with E-state index >= 15 is 0 Å². The number of Topliss-reactive ketones (excluding diaryl/α,β-unsaturated/α-hetero) is 1. The van der Waals surface area contributed by atoms with Crippen molar-refractivity contribution in [3.63, 3.8) is 0 Å². The smallest absolute Gasteiger partial charge is 0.302 e. The molecule has 1 N–H and O–H groups in total. The van der Waals surface area contributed by atoms with Crippen molar-refractivity contribution in [1.29, 1.82) is 0 Å². The topological polar surface area (TPSA) is 63.6 Å². The first-order chi connectivity index (χ1) is 8.54. The molecule has 0 spiro atoms. The molecule has 0 saturated heterocycles. The van der Waals surface area contributed by atoms with Crippen molar-refractivity contribution in [1.82, 2.24) is 0 Å². The summed E-state index contributed by atoms with van der Waals surface area (Å²) in [6.45, 7) is 9.32. The van der Waals surface area contributed by atoms with E-state index in [0.717, 1.165) is 19.3 Å². The van der Waals surface area contributed by atoms with Gasteiger partial charge in [-0.25, -0.2) is 0 Å². The summed E-state index contributed by atoms with van der Waals surface area (Å²) >= 11 is 0. The lowest BCUT2D eigenvalue weighted by Gasteiger charge is -2.30. The lowest BCUT2D eigenvalue weighted by molar-refractivity contribution is -0.141. The third-order valence-electron chi connectivity index (χ3n) is 3.27. The quantitative estimate of drug-likeness (QED) is 0.518. The van der Waals surface area contributed by atoms with E-state index in [1.165, 1.54) is 13.8 Å². The van der Waals surface area contributed by atoms with Gasteiger partial charge in [0.25, 0.3) is 0 Å². The van der Waals surface area contributed by atoms with E-state index in [-0.39, 0.29) is 23.6 Å². The van der Waals surface area contributed by atoms with Gasteiger partial charge in [-0.15, -0.1) is 0 Å². The van der Waals surface area contributed by atoms with Crippen molar-refractivity contribution in [2.75, 3.05) is 6.61 Å². The molecule has 1 unspecified atom stereocenters. The number of carbonyl (C=O) groups excluding carboxylic acids is 2. The molecule has 0 aliphatic rings. The highest BCUT2D eigenvalue weighted by Crippen LogP contribution is 2.32. The molecule has 0 fully saturated rings. The minimum absolute atomic E-state index is 0.0117. The van der Waals surface area contributed by atoms with Gasteiger partial charge in [-0.2, -0.15) is 0 Å². The Morgan fingerprint density at radius 2 is 1.63 bits per heavy atom. The van der Waals surface area contributed by atoms with Gasteiger partial charge in [0, 0.05) is 13.3 Å². The predicted molar refractivity (Wildman–Crippen MR) is 74.8 cm³/mol. The first-order valence-electron chi connectivity index (χ1n) is 6.89. The fourth-order valence-electron chi connectivity index (χ4n) is 2.12. The summed E-state index contributed by atoms with van der Waals surface area (Å²) in [6.07, 6.45) is 3.40. The standard InChI is InChI=1S/C15H28O4/c1-12(16)11-15(5,18)9-8-14(3,4)7-6-10-19-13(2)17/h18H,6-11H2,1-5H3. The van der Waals surface area contributed by atoms with Crippen LogP contribution < -0.4 is 0 Å². The van der Waals surface area contributed by atoms with Crippen LogP contribution in [0.5, 0.6) is 0 Å². The number of carbonyl (C=O) groups is 2. The highest BCUT2D eigenvalue weighted by Gasteiger charge is 2.26. The minimum Gasteiger partial charge on any atom is -0.466 e. The average molecular weight is 272 g/mol.